The van der Waals surface area contributed by atoms with Gasteiger partial charge in [0.25, 0.3) is 5.91 Å². The third-order valence-electron chi connectivity index (χ3n) is 4.33. The summed E-state index contributed by atoms with van der Waals surface area (Å²) >= 11 is 0. The van der Waals surface area contributed by atoms with E-state index in [0.29, 0.717) is 41.2 Å². The lowest BCUT2D eigenvalue weighted by Crippen LogP contribution is -2.23. The zero-order chi connectivity index (χ0) is 22.2. The number of amides is 1. The second-order valence-corrected chi connectivity index (χ2v) is 7.07. The van der Waals surface area contributed by atoms with Crippen molar-refractivity contribution in [2.45, 2.75) is 33.4 Å². The van der Waals surface area contributed by atoms with E-state index in [-0.39, 0.29) is 19.1 Å². The van der Waals surface area contributed by atoms with E-state index < -0.39 is 5.97 Å². The molecule has 3 aromatic rings. The molecule has 0 atom stereocenters. The van der Waals surface area contributed by atoms with Crippen LogP contribution in [0.3, 0.4) is 0 Å². The fourth-order valence-corrected chi connectivity index (χ4v) is 2.70. The molecule has 0 saturated heterocycles. The van der Waals surface area contributed by atoms with Crippen molar-refractivity contribution in [3.05, 3.63) is 71.8 Å². The quantitative estimate of drug-likeness (QED) is 0.321. The summed E-state index contributed by atoms with van der Waals surface area (Å²) in [5, 5.41) is 10.9. The highest BCUT2D eigenvalue weighted by Crippen LogP contribution is 2.16. The van der Waals surface area contributed by atoms with Gasteiger partial charge in [0.05, 0.1) is 30.7 Å². The topological polar surface area (TPSA) is 112 Å². The minimum Gasteiger partial charge on any atom is -0.462 e. The van der Waals surface area contributed by atoms with Crippen LogP contribution < -0.4 is 5.32 Å². The van der Waals surface area contributed by atoms with Crippen LogP contribution in [0.4, 0.5) is 0 Å². The van der Waals surface area contributed by atoms with Gasteiger partial charge in [-0.15, -0.1) is 5.10 Å². The van der Waals surface area contributed by atoms with E-state index in [1.54, 1.807) is 42.3 Å². The number of ether oxygens (including phenoxy) is 1. The average Bonchev–Trinajstić information content (AvgIpc) is 3.22. The van der Waals surface area contributed by atoms with Crippen molar-refractivity contribution in [1.82, 2.24) is 30.3 Å². The van der Waals surface area contributed by atoms with Crippen molar-refractivity contribution in [3.63, 3.8) is 0 Å². The lowest BCUT2D eigenvalue weighted by Gasteiger charge is -2.06. The molecule has 0 spiro atoms. The van der Waals surface area contributed by atoms with E-state index in [2.05, 4.69) is 32.2 Å². The number of carbonyl (C=O) groups is 2. The minimum absolute atomic E-state index is 0.238. The van der Waals surface area contributed by atoms with Crippen LogP contribution in [0.15, 0.2) is 55.0 Å². The zero-order valence-electron chi connectivity index (χ0n) is 17.5. The third kappa shape index (κ3) is 6.30. The smallest absolute Gasteiger partial charge is 0.333 e. The molecule has 0 aliphatic carbocycles. The highest BCUT2D eigenvalue weighted by molar-refractivity contribution is 5.94. The predicted molar refractivity (Wildman–Crippen MR) is 114 cm³/mol. The van der Waals surface area contributed by atoms with Gasteiger partial charge in [0, 0.05) is 36.5 Å². The molecular weight excluding hydrogens is 396 g/mol. The van der Waals surface area contributed by atoms with Gasteiger partial charge < -0.3 is 10.1 Å². The molecular formula is C22H24N6O3. The van der Waals surface area contributed by atoms with Crippen LogP contribution in [0.1, 0.15) is 35.0 Å². The molecule has 160 valence electrons. The van der Waals surface area contributed by atoms with Gasteiger partial charge in [-0.3, -0.25) is 19.4 Å². The third-order valence-corrected chi connectivity index (χ3v) is 4.33. The molecule has 1 N–H and O–H groups in total. The zero-order valence-corrected chi connectivity index (χ0v) is 17.5. The fraction of sp³-hybridized carbons (Fsp3) is 0.273. The number of hydrogen-bond acceptors (Lipinski definition) is 7. The molecule has 9 nitrogen and oxygen atoms in total. The van der Waals surface area contributed by atoms with Gasteiger partial charge in [0.15, 0.2) is 0 Å². The Hall–Kier alpha value is -3.88. The highest BCUT2D eigenvalue weighted by atomic mass is 16.5. The van der Waals surface area contributed by atoms with E-state index in [1.807, 2.05) is 19.1 Å². The number of rotatable bonds is 9. The molecule has 0 aliphatic rings. The molecule has 0 radical (unpaired) electrons. The molecule has 1 amide bonds. The summed E-state index contributed by atoms with van der Waals surface area (Å²) in [7, 11) is 0. The number of esters is 1. The van der Waals surface area contributed by atoms with Gasteiger partial charge in [-0.25, -0.2) is 4.79 Å². The standard InChI is InChI=1S/C22H24N6O3/c1-15(2)22(30)31-10-4-9-28-14-18(26-27-28)13-25-21(29)17-6-8-24-20(12-17)19-11-16(3)5-7-23-19/h5-8,11-12,14H,1,4,9-10,13H2,2-3H3,(H,25,29). The van der Waals surface area contributed by atoms with Gasteiger partial charge in [-0.2, -0.15) is 0 Å². The lowest BCUT2D eigenvalue weighted by molar-refractivity contribution is -0.139. The van der Waals surface area contributed by atoms with Crippen LogP contribution in [-0.2, 0) is 22.6 Å². The second kappa shape index (κ2) is 10.2. The van der Waals surface area contributed by atoms with Gasteiger partial charge in [-0.1, -0.05) is 11.8 Å². The summed E-state index contributed by atoms with van der Waals surface area (Å²) in [6.45, 7) is 8.17. The van der Waals surface area contributed by atoms with Crippen LogP contribution in [0.5, 0.6) is 0 Å². The first kappa shape index (κ1) is 21.8. The van der Waals surface area contributed by atoms with Crippen LogP contribution in [0.25, 0.3) is 11.4 Å². The second-order valence-electron chi connectivity index (χ2n) is 7.07. The Labute approximate surface area is 180 Å². The van der Waals surface area contributed by atoms with Crippen molar-refractivity contribution >= 4 is 11.9 Å². The molecule has 3 rings (SSSR count). The Morgan fingerprint density at radius 1 is 1.16 bits per heavy atom. The van der Waals surface area contributed by atoms with Crippen LogP contribution >= 0.6 is 0 Å². The van der Waals surface area contributed by atoms with E-state index in [9.17, 15) is 9.59 Å². The van der Waals surface area contributed by atoms with Crippen LogP contribution in [0, 0.1) is 6.92 Å². The summed E-state index contributed by atoms with van der Waals surface area (Å²) < 4.78 is 6.68. The molecule has 0 aliphatic heterocycles. The van der Waals surface area contributed by atoms with E-state index in [4.69, 9.17) is 4.74 Å². The predicted octanol–water partition coefficient (Wildman–Crippen LogP) is 2.48. The Bertz CT molecular complexity index is 1090. The van der Waals surface area contributed by atoms with E-state index >= 15 is 0 Å². The first-order valence-corrected chi connectivity index (χ1v) is 9.81. The maximum absolute atomic E-state index is 12.5. The first-order chi connectivity index (χ1) is 14.9. The Kier molecular flexibility index (Phi) is 7.21. The summed E-state index contributed by atoms with van der Waals surface area (Å²) in [5.74, 6) is -0.642. The number of pyridine rings is 2. The summed E-state index contributed by atoms with van der Waals surface area (Å²) in [5.41, 5.74) is 3.90. The van der Waals surface area contributed by atoms with Crippen molar-refractivity contribution in [2.75, 3.05) is 6.61 Å². The number of hydrogen-bond donors (Lipinski definition) is 1. The number of carbonyl (C=O) groups excluding carboxylic acids is 2. The summed E-state index contributed by atoms with van der Waals surface area (Å²) in [4.78, 5) is 32.5. The molecule has 0 saturated carbocycles. The lowest BCUT2D eigenvalue weighted by atomic mass is 10.1. The normalized spacial score (nSPS) is 10.5. The van der Waals surface area contributed by atoms with Crippen molar-refractivity contribution < 1.29 is 14.3 Å². The Morgan fingerprint density at radius 2 is 1.90 bits per heavy atom. The molecule has 0 fully saturated rings. The van der Waals surface area contributed by atoms with Gasteiger partial charge in [0.2, 0.25) is 0 Å². The fourth-order valence-electron chi connectivity index (χ4n) is 2.70. The molecule has 31 heavy (non-hydrogen) atoms. The van der Waals surface area contributed by atoms with Gasteiger partial charge in [0.1, 0.15) is 5.69 Å². The monoisotopic (exact) mass is 420 g/mol. The van der Waals surface area contributed by atoms with E-state index in [1.165, 1.54) is 0 Å². The van der Waals surface area contributed by atoms with Gasteiger partial charge >= 0.3 is 5.97 Å². The van der Waals surface area contributed by atoms with Crippen LogP contribution in [-0.4, -0.2) is 43.4 Å². The Morgan fingerprint density at radius 3 is 2.65 bits per heavy atom. The number of nitrogens with zero attached hydrogens (tertiary/aromatic N) is 5. The largest absolute Gasteiger partial charge is 0.462 e. The number of nitrogens with one attached hydrogen (secondary N) is 1. The maximum atomic E-state index is 12.5. The molecule has 0 bridgehead atoms. The average molecular weight is 420 g/mol. The highest BCUT2D eigenvalue weighted by Gasteiger charge is 2.10. The van der Waals surface area contributed by atoms with Crippen LogP contribution in [0.2, 0.25) is 0 Å². The number of aryl methyl sites for hydroxylation is 2. The van der Waals surface area contributed by atoms with Gasteiger partial charge in [-0.05, 0) is 43.7 Å². The van der Waals surface area contributed by atoms with Crippen molar-refractivity contribution in [3.8, 4) is 11.4 Å². The van der Waals surface area contributed by atoms with Crippen molar-refractivity contribution in [1.29, 1.82) is 0 Å². The summed E-state index contributed by atoms with van der Waals surface area (Å²) in [6, 6.07) is 7.18. The molecule has 0 aromatic carbocycles. The maximum Gasteiger partial charge on any atom is 0.333 e. The van der Waals surface area contributed by atoms with E-state index in [0.717, 1.165) is 5.56 Å². The molecule has 0 unspecified atom stereocenters. The first-order valence-electron chi connectivity index (χ1n) is 9.81. The number of aromatic nitrogens is 5. The minimum atomic E-state index is -0.403. The molecule has 9 heteroatoms. The molecule has 3 heterocycles. The Balaban J connectivity index is 1.51. The summed E-state index contributed by atoms with van der Waals surface area (Å²) in [6.07, 6.45) is 5.65. The SMILES string of the molecule is C=C(C)C(=O)OCCCn1cc(CNC(=O)c2ccnc(-c3cc(C)ccn3)c2)nn1. The van der Waals surface area contributed by atoms with Crippen molar-refractivity contribution in [2.24, 2.45) is 0 Å². The molecule has 3 aromatic heterocycles.